The van der Waals surface area contributed by atoms with Crippen LogP contribution >= 0.6 is 0 Å². The number of urea groups is 1. The van der Waals surface area contributed by atoms with Crippen molar-refractivity contribution < 1.29 is 24.2 Å². The van der Waals surface area contributed by atoms with Gasteiger partial charge in [-0.05, 0) is 41.8 Å². The molecule has 3 atom stereocenters. The van der Waals surface area contributed by atoms with Gasteiger partial charge in [0, 0.05) is 31.6 Å². The van der Waals surface area contributed by atoms with Gasteiger partial charge >= 0.3 is 6.03 Å². The van der Waals surface area contributed by atoms with E-state index in [9.17, 15) is 14.7 Å². The Labute approximate surface area is 230 Å². The van der Waals surface area contributed by atoms with Gasteiger partial charge in [0.05, 0.1) is 38.2 Å². The van der Waals surface area contributed by atoms with E-state index in [0.29, 0.717) is 36.7 Å². The molecule has 3 aromatic carbocycles. The highest BCUT2D eigenvalue weighted by molar-refractivity contribution is 6.01. The zero-order chi connectivity index (χ0) is 27.9. The summed E-state index contributed by atoms with van der Waals surface area (Å²) in [6.45, 7) is 4.67. The van der Waals surface area contributed by atoms with Gasteiger partial charge in [-0.1, -0.05) is 61.5 Å². The van der Waals surface area contributed by atoms with Crippen LogP contribution in [-0.4, -0.2) is 72.8 Å². The Kier molecular flexibility index (Phi) is 9.22. The van der Waals surface area contributed by atoms with Crippen molar-refractivity contribution in [3.63, 3.8) is 0 Å². The van der Waals surface area contributed by atoms with Gasteiger partial charge in [0.15, 0.2) is 0 Å². The van der Waals surface area contributed by atoms with Gasteiger partial charge in [-0.15, -0.1) is 0 Å². The summed E-state index contributed by atoms with van der Waals surface area (Å²) in [5.41, 5.74) is 3.88. The second-order valence-electron chi connectivity index (χ2n) is 10.0. The van der Waals surface area contributed by atoms with Gasteiger partial charge in [0.2, 0.25) is 0 Å². The standard InChI is InChI=1S/C31H37N3O5/c1-21-17-34(22(2)19-35)30(36)26-14-8-7-13-25(26)24-12-6-5-11-23(24)20-39-29(21)18-33(3)31(37)32-27-15-9-10-16-28(27)38-4/h5-16,21-22,29,35H,17-20H2,1-4H3,(H,32,37)/t21-,22+,29-/m0/s1. The first-order valence-corrected chi connectivity index (χ1v) is 13.2. The highest BCUT2D eigenvalue weighted by atomic mass is 16.5. The molecule has 2 N–H and O–H groups in total. The van der Waals surface area contributed by atoms with Crippen molar-refractivity contribution >= 4 is 17.6 Å². The first-order valence-electron chi connectivity index (χ1n) is 13.2. The summed E-state index contributed by atoms with van der Waals surface area (Å²) in [5.74, 6) is 0.292. The van der Waals surface area contributed by atoms with E-state index in [-0.39, 0.29) is 30.6 Å². The largest absolute Gasteiger partial charge is 0.495 e. The van der Waals surface area contributed by atoms with Crippen LogP contribution in [-0.2, 0) is 11.3 Å². The fraction of sp³-hybridized carbons (Fsp3) is 0.355. The van der Waals surface area contributed by atoms with Crippen LogP contribution in [0.25, 0.3) is 11.1 Å². The third kappa shape index (κ3) is 6.41. The maximum absolute atomic E-state index is 13.9. The molecule has 4 rings (SSSR count). The van der Waals surface area contributed by atoms with Crippen molar-refractivity contribution in [3.8, 4) is 16.9 Å². The molecule has 3 aromatic rings. The summed E-state index contributed by atoms with van der Waals surface area (Å²) in [7, 11) is 3.28. The van der Waals surface area contributed by atoms with E-state index in [1.165, 1.54) is 0 Å². The van der Waals surface area contributed by atoms with Crippen molar-refractivity contribution in [1.29, 1.82) is 0 Å². The van der Waals surface area contributed by atoms with Gasteiger partial charge in [0.1, 0.15) is 5.75 Å². The van der Waals surface area contributed by atoms with Crippen LogP contribution in [0.4, 0.5) is 10.5 Å². The topological polar surface area (TPSA) is 91.3 Å². The lowest BCUT2D eigenvalue weighted by Crippen LogP contribution is -2.48. The van der Waals surface area contributed by atoms with Crippen LogP contribution in [0.3, 0.4) is 0 Å². The minimum atomic E-state index is -0.392. The monoisotopic (exact) mass is 531 g/mol. The molecule has 206 valence electrons. The molecule has 0 bridgehead atoms. The molecule has 0 unspecified atom stereocenters. The lowest BCUT2D eigenvalue weighted by Gasteiger charge is -2.35. The molecular weight excluding hydrogens is 494 g/mol. The second-order valence-corrected chi connectivity index (χ2v) is 10.0. The van der Waals surface area contributed by atoms with Crippen molar-refractivity contribution in [3.05, 3.63) is 83.9 Å². The number of aliphatic hydroxyl groups is 1. The average molecular weight is 532 g/mol. The number of methoxy groups -OCH3 is 1. The van der Waals surface area contributed by atoms with E-state index in [1.54, 1.807) is 36.1 Å². The number of aliphatic hydroxyl groups excluding tert-OH is 1. The predicted molar refractivity (Wildman–Crippen MR) is 152 cm³/mol. The van der Waals surface area contributed by atoms with Crippen molar-refractivity contribution in [2.45, 2.75) is 32.6 Å². The lowest BCUT2D eigenvalue weighted by molar-refractivity contribution is -0.0178. The van der Waals surface area contributed by atoms with Gasteiger partial charge in [-0.3, -0.25) is 4.79 Å². The molecule has 1 aliphatic rings. The first-order chi connectivity index (χ1) is 18.8. The maximum Gasteiger partial charge on any atom is 0.321 e. The van der Waals surface area contributed by atoms with E-state index in [1.807, 2.05) is 74.5 Å². The van der Waals surface area contributed by atoms with Crippen molar-refractivity contribution in [2.24, 2.45) is 5.92 Å². The molecule has 0 aromatic heterocycles. The molecule has 0 fully saturated rings. The zero-order valence-electron chi connectivity index (χ0n) is 23.0. The number of nitrogens with one attached hydrogen (secondary N) is 1. The Morgan fingerprint density at radius 2 is 1.72 bits per heavy atom. The molecule has 0 spiro atoms. The smallest absolute Gasteiger partial charge is 0.321 e. The van der Waals surface area contributed by atoms with Crippen LogP contribution < -0.4 is 10.1 Å². The number of ether oxygens (including phenoxy) is 2. The highest BCUT2D eigenvalue weighted by Crippen LogP contribution is 2.31. The molecular formula is C31H37N3O5. The third-order valence-corrected chi connectivity index (χ3v) is 7.24. The number of hydrogen-bond donors (Lipinski definition) is 2. The van der Waals surface area contributed by atoms with Crippen molar-refractivity contribution in [1.82, 2.24) is 9.80 Å². The summed E-state index contributed by atoms with van der Waals surface area (Å²) in [4.78, 5) is 30.3. The summed E-state index contributed by atoms with van der Waals surface area (Å²) in [5, 5.41) is 12.9. The second kappa shape index (κ2) is 12.8. The number of para-hydroxylation sites is 2. The van der Waals surface area contributed by atoms with Crippen molar-refractivity contribution in [2.75, 3.05) is 39.2 Å². The molecule has 3 amide bonds. The molecule has 0 aliphatic carbocycles. The quantitative estimate of drug-likeness (QED) is 0.473. The summed E-state index contributed by atoms with van der Waals surface area (Å²) >= 11 is 0. The Bertz CT molecular complexity index is 1300. The highest BCUT2D eigenvalue weighted by Gasteiger charge is 2.31. The minimum absolute atomic E-state index is 0.137. The maximum atomic E-state index is 13.9. The Morgan fingerprint density at radius 1 is 1.08 bits per heavy atom. The summed E-state index contributed by atoms with van der Waals surface area (Å²) in [6.07, 6.45) is -0.381. The number of hydrogen-bond acceptors (Lipinski definition) is 5. The molecule has 1 heterocycles. The van der Waals surface area contributed by atoms with Gasteiger partial charge in [0.25, 0.3) is 5.91 Å². The molecule has 8 heteroatoms. The molecule has 0 saturated carbocycles. The van der Waals surface area contributed by atoms with E-state index < -0.39 is 6.04 Å². The van der Waals surface area contributed by atoms with Crippen LogP contribution in [0.15, 0.2) is 72.8 Å². The number of amides is 3. The zero-order valence-corrected chi connectivity index (χ0v) is 23.0. The predicted octanol–water partition coefficient (Wildman–Crippen LogP) is 4.88. The fourth-order valence-electron chi connectivity index (χ4n) is 4.86. The third-order valence-electron chi connectivity index (χ3n) is 7.24. The number of nitrogens with zero attached hydrogens (tertiary/aromatic N) is 2. The van der Waals surface area contributed by atoms with Crippen LogP contribution in [0.5, 0.6) is 5.75 Å². The molecule has 39 heavy (non-hydrogen) atoms. The van der Waals surface area contributed by atoms with Crippen LogP contribution in [0, 0.1) is 5.92 Å². The van der Waals surface area contributed by atoms with E-state index in [2.05, 4.69) is 5.32 Å². The number of anilines is 1. The van der Waals surface area contributed by atoms with Gasteiger partial charge < -0.3 is 29.7 Å². The molecule has 0 saturated heterocycles. The number of carbonyl (C=O) groups is 2. The number of rotatable bonds is 6. The normalized spacial score (nSPS) is 18.3. The SMILES string of the molecule is COc1ccccc1NC(=O)N(C)C[C@@H]1OCc2ccccc2-c2ccccc2C(=O)N([C@H](C)CO)C[C@@H]1C. The van der Waals surface area contributed by atoms with Gasteiger partial charge in [-0.25, -0.2) is 4.79 Å². The summed E-state index contributed by atoms with van der Waals surface area (Å²) in [6, 6.07) is 22.0. The number of benzene rings is 3. The molecule has 0 radical (unpaired) electrons. The minimum Gasteiger partial charge on any atom is -0.495 e. The Hall–Kier alpha value is -3.88. The van der Waals surface area contributed by atoms with Crippen LogP contribution in [0.1, 0.15) is 29.8 Å². The molecule has 8 nitrogen and oxygen atoms in total. The Morgan fingerprint density at radius 3 is 2.44 bits per heavy atom. The molecule has 1 aliphatic heterocycles. The first kappa shape index (κ1) is 28.1. The lowest BCUT2D eigenvalue weighted by atomic mass is 9.94. The number of likely N-dealkylation sites (N-methyl/N-ethyl adjacent to an activating group) is 1. The Balaban J connectivity index is 1.64. The van der Waals surface area contributed by atoms with E-state index in [0.717, 1.165) is 16.7 Å². The number of carbonyl (C=O) groups excluding carboxylic acids is 2. The van der Waals surface area contributed by atoms with Crippen LogP contribution in [0.2, 0.25) is 0 Å². The van der Waals surface area contributed by atoms with E-state index in [4.69, 9.17) is 9.47 Å². The summed E-state index contributed by atoms with van der Waals surface area (Å²) < 4.78 is 11.9. The van der Waals surface area contributed by atoms with Gasteiger partial charge in [-0.2, -0.15) is 0 Å². The fourth-order valence-corrected chi connectivity index (χ4v) is 4.86. The average Bonchev–Trinajstić information content (AvgIpc) is 2.98. The van der Waals surface area contributed by atoms with E-state index >= 15 is 0 Å². The number of fused-ring (bicyclic) bond motifs is 3.